The number of hydrogen-bond donors (Lipinski definition) is 3. The number of aliphatic hydroxyl groups excluding tert-OH is 1. The van der Waals surface area contributed by atoms with Gasteiger partial charge < -0.3 is 15.5 Å². The molecule has 3 N–H and O–H groups in total. The van der Waals surface area contributed by atoms with E-state index in [4.69, 9.17) is 0 Å². The molecule has 4 nitrogen and oxygen atoms in total. The van der Waals surface area contributed by atoms with Crippen molar-refractivity contribution in [3.05, 3.63) is 0 Å². The highest BCUT2D eigenvalue weighted by molar-refractivity contribution is 5.85. The molecule has 6 heteroatoms. The molecule has 0 aromatic carbocycles. The lowest BCUT2D eigenvalue weighted by molar-refractivity contribution is -0.216. The average Bonchev–Trinajstić information content (AvgIpc) is 2.31. The summed E-state index contributed by atoms with van der Waals surface area (Å²) in [5.74, 6) is -5.30. The summed E-state index contributed by atoms with van der Waals surface area (Å²) in [4.78, 5) is 11.6. The van der Waals surface area contributed by atoms with Crippen molar-refractivity contribution in [3.63, 3.8) is 0 Å². The molecular weight excluding hydrogens is 268 g/mol. The summed E-state index contributed by atoms with van der Waals surface area (Å²) in [6.45, 7) is 6.97. The van der Waals surface area contributed by atoms with Crippen molar-refractivity contribution in [2.75, 3.05) is 6.54 Å². The lowest BCUT2D eigenvalue weighted by Crippen LogP contribution is -2.61. The number of carbonyl (C=O) groups is 1. The van der Waals surface area contributed by atoms with Crippen LogP contribution in [0.25, 0.3) is 0 Å². The van der Waals surface area contributed by atoms with Gasteiger partial charge >= 0.3 is 5.92 Å². The molecule has 0 heterocycles. The quantitative estimate of drug-likeness (QED) is 0.698. The van der Waals surface area contributed by atoms with Crippen LogP contribution >= 0.6 is 0 Å². The van der Waals surface area contributed by atoms with Gasteiger partial charge in [-0.25, -0.2) is 0 Å². The second kappa shape index (κ2) is 5.56. The van der Waals surface area contributed by atoms with Gasteiger partial charge in [0.05, 0.1) is 6.10 Å². The van der Waals surface area contributed by atoms with Crippen molar-refractivity contribution in [2.45, 2.75) is 64.6 Å². The van der Waals surface area contributed by atoms with E-state index in [-0.39, 0.29) is 25.3 Å². The highest BCUT2D eigenvalue weighted by Crippen LogP contribution is 2.44. The van der Waals surface area contributed by atoms with Gasteiger partial charge in [-0.1, -0.05) is 27.7 Å². The zero-order valence-electron chi connectivity index (χ0n) is 12.5. The molecule has 1 aliphatic carbocycles. The minimum absolute atomic E-state index is 0.0433. The third-order valence-electron chi connectivity index (χ3n) is 4.19. The molecule has 0 spiro atoms. The third kappa shape index (κ3) is 3.11. The number of carbonyl (C=O) groups excluding carboxylic acids is 1. The number of hydrogen-bond acceptors (Lipinski definition) is 3. The van der Waals surface area contributed by atoms with E-state index in [2.05, 4.69) is 5.32 Å². The van der Waals surface area contributed by atoms with Crippen LogP contribution in [0, 0.1) is 11.3 Å². The molecule has 0 aliphatic heterocycles. The Balaban J connectivity index is 2.63. The minimum atomic E-state index is -3.79. The van der Waals surface area contributed by atoms with E-state index < -0.39 is 28.9 Å². The van der Waals surface area contributed by atoms with E-state index in [0.717, 1.165) is 0 Å². The molecule has 1 unspecified atom stereocenters. The Labute approximate surface area is 118 Å². The Morgan fingerprint density at radius 1 is 1.35 bits per heavy atom. The Morgan fingerprint density at radius 3 is 2.20 bits per heavy atom. The topological polar surface area (TPSA) is 69.6 Å². The van der Waals surface area contributed by atoms with Gasteiger partial charge in [0.2, 0.25) is 0 Å². The van der Waals surface area contributed by atoms with Crippen LogP contribution in [0.1, 0.15) is 47.0 Å². The van der Waals surface area contributed by atoms with Crippen molar-refractivity contribution in [2.24, 2.45) is 11.3 Å². The lowest BCUT2D eigenvalue weighted by atomic mass is 9.75. The van der Waals surface area contributed by atoms with Gasteiger partial charge in [-0.05, 0) is 25.2 Å². The summed E-state index contributed by atoms with van der Waals surface area (Å²) in [7, 11) is 0. The standard InChI is InChI=1S/C14H25F2NO3/c1-9(2)10(18)12(3,4)8-17-11(19)14(15,16)13(20)6-5-7-13/h9-10,18,20H,5-8H2,1-4H3,(H,17,19). The number of aliphatic hydroxyl groups is 2. The molecule has 1 atom stereocenters. The van der Waals surface area contributed by atoms with E-state index in [1.165, 1.54) is 0 Å². The summed E-state index contributed by atoms with van der Waals surface area (Å²) in [6.07, 6.45) is -0.350. The third-order valence-corrected chi connectivity index (χ3v) is 4.19. The molecule has 0 radical (unpaired) electrons. The van der Waals surface area contributed by atoms with Gasteiger partial charge in [0, 0.05) is 12.0 Å². The van der Waals surface area contributed by atoms with Crippen LogP contribution in [0.5, 0.6) is 0 Å². The molecule has 0 bridgehead atoms. The second-order valence-corrected chi connectivity index (χ2v) is 6.82. The first kappa shape index (κ1) is 17.3. The number of halogens is 2. The minimum Gasteiger partial charge on any atom is -0.392 e. The average molecular weight is 293 g/mol. The summed E-state index contributed by atoms with van der Waals surface area (Å²) < 4.78 is 27.7. The number of amides is 1. The zero-order chi connectivity index (χ0) is 15.8. The van der Waals surface area contributed by atoms with Crippen molar-refractivity contribution in [1.82, 2.24) is 5.32 Å². The summed E-state index contributed by atoms with van der Waals surface area (Å²) >= 11 is 0. The van der Waals surface area contributed by atoms with E-state index in [9.17, 15) is 23.8 Å². The maximum absolute atomic E-state index is 13.9. The first-order valence-electron chi connectivity index (χ1n) is 7.00. The van der Waals surface area contributed by atoms with E-state index in [1.807, 2.05) is 13.8 Å². The summed E-state index contributed by atoms with van der Waals surface area (Å²) in [5, 5.41) is 21.8. The van der Waals surface area contributed by atoms with Gasteiger partial charge in [-0.2, -0.15) is 8.78 Å². The monoisotopic (exact) mass is 293 g/mol. The fourth-order valence-electron chi connectivity index (χ4n) is 2.46. The molecule has 0 saturated heterocycles. The smallest absolute Gasteiger partial charge is 0.352 e. The van der Waals surface area contributed by atoms with Crippen LogP contribution < -0.4 is 5.32 Å². The first-order valence-corrected chi connectivity index (χ1v) is 7.00. The lowest BCUT2D eigenvalue weighted by Gasteiger charge is -2.42. The van der Waals surface area contributed by atoms with E-state index in [1.54, 1.807) is 13.8 Å². The van der Waals surface area contributed by atoms with Gasteiger partial charge in [0.25, 0.3) is 5.91 Å². The molecule has 1 amide bonds. The fraction of sp³-hybridized carbons (Fsp3) is 0.929. The van der Waals surface area contributed by atoms with Crippen LogP contribution in [-0.2, 0) is 4.79 Å². The largest absolute Gasteiger partial charge is 0.392 e. The van der Waals surface area contributed by atoms with Crippen LogP contribution in [0.3, 0.4) is 0 Å². The Morgan fingerprint density at radius 2 is 1.85 bits per heavy atom. The van der Waals surface area contributed by atoms with E-state index in [0.29, 0.717) is 6.42 Å². The highest BCUT2D eigenvalue weighted by Gasteiger charge is 2.61. The van der Waals surface area contributed by atoms with Crippen LogP contribution in [0.15, 0.2) is 0 Å². The predicted octanol–water partition coefficient (Wildman–Crippen LogP) is 1.70. The van der Waals surface area contributed by atoms with Gasteiger partial charge in [-0.3, -0.25) is 4.79 Å². The van der Waals surface area contributed by atoms with E-state index >= 15 is 0 Å². The highest BCUT2D eigenvalue weighted by atomic mass is 19.3. The zero-order valence-corrected chi connectivity index (χ0v) is 12.5. The molecule has 1 rings (SSSR count). The maximum Gasteiger partial charge on any atom is 0.352 e. The SMILES string of the molecule is CC(C)C(O)C(C)(C)CNC(=O)C(F)(F)C1(O)CCC1. The van der Waals surface area contributed by atoms with Crippen molar-refractivity contribution >= 4 is 5.91 Å². The molecule has 0 aromatic heterocycles. The maximum atomic E-state index is 13.9. The molecule has 118 valence electrons. The molecule has 1 aliphatic rings. The van der Waals surface area contributed by atoms with Gasteiger partial charge in [-0.15, -0.1) is 0 Å². The van der Waals surface area contributed by atoms with Crippen LogP contribution in [0.2, 0.25) is 0 Å². The summed E-state index contributed by atoms with van der Waals surface area (Å²) in [5.41, 5.74) is -2.93. The van der Waals surface area contributed by atoms with Crippen molar-refractivity contribution in [1.29, 1.82) is 0 Å². The van der Waals surface area contributed by atoms with Gasteiger partial charge in [0.15, 0.2) is 0 Å². The molecule has 1 fully saturated rings. The Kier molecular flexibility index (Phi) is 4.81. The van der Waals surface area contributed by atoms with Crippen LogP contribution in [-0.4, -0.2) is 40.3 Å². The molecular formula is C14H25F2NO3. The number of rotatable bonds is 6. The first-order chi connectivity index (χ1) is 8.94. The molecule has 1 saturated carbocycles. The van der Waals surface area contributed by atoms with Crippen molar-refractivity contribution in [3.8, 4) is 0 Å². The van der Waals surface area contributed by atoms with Crippen LogP contribution in [0.4, 0.5) is 8.78 Å². The Bertz CT molecular complexity index is 365. The fourth-order valence-corrected chi connectivity index (χ4v) is 2.46. The van der Waals surface area contributed by atoms with Crippen molar-refractivity contribution < 1.29 is 23.8 Å². The summed E-state index contributed by atoms with van der Waals surface area (Å²) in [6, 6.07) is 0. The molecule has 0 aromatic rings. The Hall–Kier alpha value is -0.750. The molecule has 20 heavy (non-hydrogen) atoms. The number of alkyl halides is 2. The van der Waals surface area contributed by atoms with Gasteiger partial charge in [0.1, 0.15) is 5.60 Å². The second-order valence-electron chi connectivity index (χ2n) is 6.82. The predicted molar refractivity (Wildman–Crippen MR) is 71.4 cm³/mol. The number of nitrogens with one attached hydrogen (secondary N) is 1. The normalized spacial score (nSPS) is 20.4.